The molecule has 0 radical (unpaired) electrons. The van der Waals surface area contributed by atoms with E-state index in [0.29, 0.717) is 0 Å². The van der Waals surface area contributed by atoms with E-state index in [2.05, 4.69) is 32.6 Å². The minimum Gasteiger partial charge on any atom is -0.438 e. The molecule has 3 nitrogen and oxygen atoms in total. The second-order valence-electron chi connectivity index (χ2n) is 4.34. The molecule has 0 bridgehead atoms. The van der Waals surface area contributed by atoms with Gasteiger partial charge in [0.05, 0.1) is 9.26 Å². The Labute approximate surface area is 120 Å². The van der Waals surface area contributed by atoms with Crippen LogP contribution in [0.15, 0.2) is 30.6 Å². The van der Waals surface area contributed by atoms with Crippen molar-refractivity contribution in [3.8, 4) is 11.6 Å². The molecule has 18 heavy (non-hydrogen) atoms. The lowest BCUT2D eigenvalue weighted by Crippen LogP contribution is -2.08. The first kappa shape index (κ1) is 11.9. The minimum absolute atomic E-state index is 0.726. The van der Waals surface area contributed by atoms with Gasteiger partial charge in [-0.05, 0) is 60.4 Å². The van der Waals surface area contributed by atoms with E-state index in [1.54, 1.807) is 6.33 Å². The summed E-state index contributed by atoms with van der Waals surface area (Å²) < 4.78 is 7.04. The first-order valence-electron chi connectivity index (χ1n) is 6.10. The van der Waals surface area contributed by atoms with Crippen LogP contribution in [0.4, 0.5) is 0 Å². The van der Waals surface area contributed by atoms with Crippen molar-refractivity contribution in [1.29, 1.82) is 0 Å². The molecule has 0 saturated heterocycles. The zero-order valence-corrected chi connectivity index (χ0v) is 12.1. The van der Waals surface area contributed by atoms with Gasteiger partial charge in [-0.2, -0.15) is 0 Å². The Hall–Kier alpha value is -1.17. The molecule has 1 aromatic carbocycles. The monoisotopic (exact) mass is 352 g/mol. The standard InChI is InChI=1S/C14H13IN2O/c15-11-6-2-4-8-13(11)18-14-10-5-1-3-7-12(10)16-9-17-14/h2,4,6,8-9H,1,3,5,7H2. The van der Waals surface area contributed by atoms with Crippen molar-refractivity contribution in [3.63, 3.8) is 0 Å². The number of ether oxygens (including phenoxy) is 1. The van der Waals surface area contributed by atoms with E-state index in [9.17, 15) is 0 Å². The van der Waals surface area contributed by atoms with Crippen LogP contribution in [0.1, 0.15) is 24.1 Å². The van der Waals surface area contributed by atoms with Crippen molar-refractivity contribution in [3.05, 3.63) is 45.4 Å². The zero-order valence-electron chi connectivity index (χ0n) is 9.90. The molecule has 92 valence electrons. The summed E-state index contributed by atoms with van der Waals surface area (Å²) >= 11 is 2.27. The van der Waals surface area contributed by atoms with Gasteiger partial charge in [0, 0.05) is 5.56 Å². The number of aryl methyl sites for hydroxylation is 1. The molecule has 4 heteroatoms. The Bertz CT molecular complexity index is 571. The molecular formula is C14H13IN2O. The summed E-state index contributed by atoms with van der Waals surface area (Å²) in [5.41, 5.74) is 2.33. The minimum atomic E-state index is 0.726. The highest BCUT2D eigenvalue weighted by atomic mass is 127. The molecule has 0 atom stereocenters. The lowest BCUT2D eigenvalue weighted by atomic mass is 9.97. The zero-order chi connectivity index (χ0) is 12.4. The average molecular weight is 352 g/mol. The fraction of sp³-hybridized carbons (Fsp3) is 0.286. The topological polar surface area (TPSA) is 35.0 Å². The van der Waals surface area contributed by atoms with Gasteiger partial charge in [0.15, 0.2) is 0 Å². The molecule has 0 unspecified atom stereocenters. The maximum Gasteiger partial charge on any atom is 0.225 e. The number of benzene rings is 1. The van der Waals surface area contributed by atoms with Crippen molar-refractivity contribution in [2.24, 2.45) is 0 Å². The Morgan fingerprint density at radius 3 is 2.78 bits per heavy atom. The van der Waals surface area contributed by atoms with E-state index in [1.165, 1.54) is 18.4 Å². The summed E-state index contributed by atoms with van der Waals surface area (Å²) in [6.07, 6.45) is 6.08. The molecule has 0 amide bonds. The van der Waals surface area contributed by atoms with Gasteiger partial charge >= 0.3 is 0 Å². The summed E-state index contributed by atoms with van der Waals surface area (Å²) in [4.78, 5) is 8.64. The van der Waals surface area contributed by atoms with Gasteiger partial charge in [0.25, 0.3) is 0 Å². The molecule has 2 aromatic rings. The van der Waals surface area contributed by atoms with Crippen LogP contribution >= 0.6 is 22.6 Å². The number of para-hydroxylation sites is 1. The lowest BCUT2D eigenvalue weighted by molar-refractivity contribution is 0.444. The van der Waals surface area contributed by atoms with E-state index in [1.807, 2.05) is 24.3 Å². The van der Waals surface area contributed by atoms with Crippen LogP contribution in [0, 0.1) is 3.57 Å². The molecule has 1 heterocycles. The van der Waals surface area contributed by atoms with Crippen LogP contribution in [0.25, 0.3) is 0 Å². The van der Waals surface area contributed by atoms with Gasteiger partial charge in [0.2, 0.25) is 5.88 Å². The molecule has 1 aromatic heterocycles. The third kappa shape index (κ3) is 2.34. The Kier molecular flexibility index (Phi) is 3.45. The Balaban J connectivity index is 1.96. The van der Waals surface area contributed by atoms with Gasteiger partial charge in [-0.15, -0.1) is 0 Å². The number of aromatic nitrogens is 2. The largest absolute Gasteiger partial charge is 0.438 e. The highest BCUT2D eigenvalue weighted by Gasteiger charge is 2.17. The highest BCUT2D eigenvalue weighted by molar-refractivity contribution is 14.1. The normalized spacial score (nSPS) is 14.1. The molecule has 0 saturated carbocycles. The van der Waals surface area contributed by atoms with Crippen LogP contribution in [-0.4, -0.2) is 9.97 Å². The second kappa shape index (κ2) is 5.22. The average Bonchev–Trinajstić information content (AvgIpc) is 2.42. The van der Waals surface area contributed by atoms with Gasteiger partial charge in [-0.1, -0.05) is 12.1 Å². The van der Waals surface area contributed by atoms with E-state index in [-0.39, 0.29) is 0 Å². The number of hydrogen-bond donors (Lipinski definition) is 0. The number of halogens is 1. The van der Waals surface area contributed by atoms with Crippen molar-refractivity contribution in [1.82, 2.24) is 9.97 Å². The SMILES string of the molecule is Ic1ccccc1Oc1ncnc2c1CCCC2. The van der Waals surface area contributed by atoms with Crippen molar-refractivity contribution in [2.75, 3.05) is 0 Å². The fourth-order valence-electron chi connectivity index (χ4n) is 2.21. The smallest absolute Gasteiger partial charge is 0.225 e. The van der Waals surface area contributed by atoms with Gasteiger partial charge in [-0.3, -0.25) is 0 Å². The van der Waals surface area contributed by atoms with Crippen LogP contribution in [0.2, 0.25) is 0 Å². The van der Waals surface area contributed by atoms with E-state index in [4.69, 9.17) is 4.74 Å². The first-order valence-corrected chi connectivity index (χ1v) is 7.17. The molecule has 0 spiro atoms. The van der Waals surface area contributed by atoms with E-state index >= 15 is 0 Å². The maximum absolute atomic E-state index is 5.95. The lowest BCUT2D eigenvalue weighted by Gasteiger charge is -2.17. The molecule has 0 fully saturated rings. The molecular weight excluding hydrogens is 339 g/mol. The summed E-state index contributed by atoms with van der Waals surface area (Å²) in [7, 11) is 0. The van der Waals surface area contributed by atoms with Crippen LogP contribution in [-0.2, 0) is 12.8 Å². The fourth-order valence-corrected chi connectivity index (χ4v) is 2.71. The summed E-state index contributed by atoms with van der Waals surface area (Å²) in [6.45, 7) is 0. The number of fused-ring (bicyclic) bond motifs is 1. The van der Waals surface area contributed by atoms with Crippen molar-refractivity contribution >= 4 is 22.6 Å². The van der Waals surface area contributed by atoms with Crippen LogP contribution < -0.4 is 4.74 Å². The van der Waals surface area contributed by atoms with Gasteiger partial charge in [0.1, 0.15) is 12.1 Å². The Morgan fingerprint density at radius 1 is 1.06 bits per heavy atom. The molecule has 1 aliphatic carbocycles. The number of nitrogens with zero attached hydrogens (tertiary/aromatic N) is 2. The maximum atomic E-state index is 5.95. The summed E-state index contributed by atoms with van der Waals surface area (Å²) in [5, 5.41) is 0. The molecule has 1 aliphatic rings. The van der Waals surface area contributed by atoms with Gasteiger partial charge < -0.3 is 4.74 Å². The van der Waals surface area contributed by atoms with E-state index in [0.717, 1.165) is 33.7 Å². The molecule has 0 N–H and O–H groups in total. The highest BCUT2D eigenvalue weighted by Crippen LogP contribution is 2.31. The van der Waals surface area contributed by atoms with Crippen molar-refractivity contribution < 1.29 is 4.74 Å². The van der Waals surface area contributed by atoms with Crippen LogP contribution in [0.5, 0.6) is 11.6 Å². The molecule has 0 aliphatic heterocycles. The van der Waals surface area contributed by atoms with E-state index < -0.39 is 0 Å². The van der Waals surface area contributed by atoms with Gasteiger partial charge in [-0.25, -0.2) is 9.97 Å². The third-order valence-electron chi connectivity index (χ3n) is 3.13. The van der Waals surface area contributed by atoms with Crippen molar-refractivity contribution in [2.45, 2.75) is 25.7 Å². The first-order chi connectivity index (χ1) is 8.84. The Morgan fingerprint density at radius 2 is 1.89 bits per heavy atom. The molecule has 3 rings (SSSR count). The third-order valence-corrected chi connectivity index (χ3v) is 4.02. The summed E-state index contributed by atoms with van der Waals surface area (Å²) in [6, 6.07) is 7.98. The van der Waals surface area contributed by atoms with Crippen LogP contribution in [0.3, 0.4) is 0 Å². The number of rotatable bonds is 2. The number of hydrogen-bond acceptors (Lipinski definition) is 3. The predicted molar refractivity (Wildman–Crippen MR) is 77.9 cm³/mol. The second-order valence-corrected chi connectivity index (χ2v) is 5.51. The summed E-state index contributed by atoms with van der Waals surface area (Å²) in [5.74, 6) is 1.59. The quantitative estimate of drug-likeness (QED) is 0.773. The predicted octanol–water partition coefficient (Wildman–Crippen LogP) is 3.75.